The van der Waals surface area contributed by atoms with Crippen molar-refractivity contribution in [3.63, 3.8) is 0 Å². The largest absolute Gasteiger partial charge is 0.353 e. The molecule has 1 aromatic carbocycles. The highest BCUT2D eigenvalue weighted by Gasteiger charge is 2.29. The molecule has 0 radical (unpaired) electrons. The van der Waals surface area contributed by atoms with Gasteiger partial charge in [0.15, 0.2) is 0 Å². The average Bonchev–Trinajstić information content (AvgIpc) is 2.98. The summed E-state index contributed by atoms with van der Waals surface area (Å²) in [5.41, 5.74) is 1.90. The lowest BCUT2D eigenvalue weighted by atomic mass is 10.2. The highest BCUT2D eigenvalue weighted by molar-refractivity contribution is 6.00. The first kappa shape index (κ1) is 15.0. The number of rotatable bonds is 4. The van der Waals surface area contributed by atoms with Gasteiger partial charge in [0.1, 0.15) is 6.04 Å². The van der Waals surface area contributed by atoms with Gasteiger partial charge in [-0.1, -0.05) is 18.2 Å². The van der Waals surface area contributed by atoms with Crippen LogP contribution < -0.4 is 10.2 Å². The van der Waals surface area contributed by atoms with Crippen LogP contribution in [0, 0.1) is 10.1 Å². The minimum Gasteiger partial charge on any atom is -0.353 e. The molecule has 23 heavy (non-hydrogen) atoms. The summed E-state index contributed by atoms with van der Waals surface area (Å²) in [5.74, 6) is -0.0271. The van der Waals surface area contributed by atoms with Crippen molar-refractivity contribution in [3.8, 4) is 0 Å². The first-order chi connectivity index (χ1) is 11.1. The van der Waals surface area contributed by atoms with E-state index in [1.54, 1.807) is 11.8 Å². The van der Waals surface area contributed by atoms with Crippen LogP contribution in [0.25, 0.3) is 0 Å². The van der Waals surface area contributed by atoms with Crippen molar-refractivity contribution in [1.82, 2.24) is 4.98 Å². The van der Waals surface area contributed by atoms with Crippen molar-refractivity contribution >= 4 is 23.1 Å². The highest BCUT2D eigenvalue weighted by Crippen LogP contribution is 2.28. The van der Waals surface area contributed by atoms with Crippen LogP contribution in [0.4, 0.5) is 17.2 Å². The molecule has 7 heteroatoms. The van der Waals surface area contributed by atoms with Crippen LogP contribution in [0.3, 0.4) is 0 Å². The van der Waals surface area contributed by atoms with E-state index < -0.39 is 11.0 Å². The van der Waals surface area contributed by atoms with E-state index >= 15 is 0 Å². The third-order valence-corrected chi connectivity index (χ3v) is 3.86. The molecule has 0 aliphatic carbocycles. The zero-order valence-corrected chi connectivity index (χ0v) is 12.6. The minimum absolute atomic E-state index is 0.103. The molecule has 1 aromatic heterocycles. The van der Waals surface area contributed by atoms with Gasteiger partial charge < -0.3 is 10.2 Å². The molecular weight excluding hydrogens is 296 g/mol. The third-order valence-electron chi connectivity index (χ3n) is 3.86. The second-order valence-corrected chi connectivity index (χ2v) is 5.36. The smallest absolute Gasteiger partial charge is 0.311 e. The first-order valence-corrected chi connectivity index (χ1v) is 7.33. The Morgan fingerprint density at radius 2 is 2.13 bits per heavy atom. The minimum atomic E-state index is -0.616. The van der Waals surface area contributed by atoms with Crippen molar-refractivity contribution in [3.05, 3.63) is 58.3 Å². The molecule has 1 amide bonds. The standard InChI is InChI=1S/C16H16N4O3/c1-11(18-15-14(20(22)23)7-4-9-17-15)16(21)19-10-8-12-5-2-3-6-13(12)19/h2-7,9,11H,8,10H2,1H3,(H,17,18). The van der Waals surface area contributed by atoms with E-state index in [2.05, 4.69) is 10.3 Å². The van der Waals surface area contributed by atoms with Gasteiger partial charge in [0.05, 0.1) is 4.92 Å². The molecule has 1 aliphatic rings. The molecule has 1 aliphatic heterocycles. The topological polar surface area (TPSA) is 88.4 Å². The lowest BCUT2D eigenvalue weighted by molar-refractivity contribution is -0.384. The molecule has 3 rings (SSSR count). The number of carbonyl (C=O) groups is 1. The van der Waals surface area contributed by atoms with Gasteiger partial charge in [0, 0.05) is 24.5 Å². The quantitative estimate of drug-likeness (QED) is 0.691. The van der Waals surface area contributed by atoms with Crippen LogP contribution in [0.15, 0.2) is 42.6 Å². The van der Waals surface area contributed by atoms with Gasteiger partial charge in [-0.05, 0) is 31.0 Å². The van der Waals surface area contributed by atoms with Gasteiger partial charge in [0.25, 0.3) is 0 Å². The molecule has 118 valence electrons. The monoisotopic (exact) mass is 312 g/mol. The molecule has 1 atom stereocenters. The average molecular weight is 312 g/mol. The maximum absolute atomic E-state index is 12.7. The maximum atomic E-state index is 12.7. The summed E-state index contributed by atoms with van der Waals surface area (Å²) in [6, 6.07) is 10.00. The van der Waals surface area contributed by atoms with Crippen LogP contribution >= 0.6 is 0 Å². The number of nitrogens with zero attached hydrogens (tertiary/aromatic N) is 3. The molecule has 0 saturated heterocycles. The molecule has 0 spiro atoms. The van der Waals surface area contributed by atoms with E-state index in [1.807, 2.05) is 24.3 Å². The fraction of sp³-hybridized carbons (Fsp3) is 0.250. The number of fused-ring (bicyclic) bond motifs is 1. The molecule has 1 N–H and O–H groups in total. The molecular formula is C16H16N4O3. The Labute approximate surface area is 133 Å². The number of pyridine rings is 1. The number of nitro groups is 1. The Morgan fingerprint density at radius 1 is 1.35 bits per heavy atom. The molecule has 0 bridgehead atoms. The Hall–Kier alpha value is -2.96. The molecule has 2 heterocycles. The fourth-order valence-electron chi connectivity index (χ4n) is 2.72. The van der Waals surface area contributed by atoms with Crippen LogP contribution in [0.2, 0.25) is 0 Å². The number of hydrogen-bond acceptors (Lipinski definition) is 5. The number of para-hydroxylation sites is 1. The number of anilines is 2. The lowest BCUT2D eigenvalue weighted by Crippen LogP contribution is -2.40. The van der Waals surface area contributed by atoms with Crippen molar-refractivity contribution in [1.29, 1.82) is 0 Å². The molecule has 7 nitrogen and oxygen atoms in total. The van der Waals surface area contributed by atoms with Crippen molar-refractivity contribution in [2.45, 2.75) is 19.4 Å². The van der Waals surface area contributed by atoms with E-state index in [1.165, 1.54) is 18.3 Å². The molecule has 2 aromatic rings. The third kappa shape index (κ3) is 2.85. The Bertz CT molecular complexity index is 762. The summed E-state index contributed by atoms with van der Waals surface area (Å²) in [7, 11) is 0. The highest BCUT2D eigenvalue weighted by atomic mass is 16.6. The van der Waals surface area contributed by atoms with Crippen LogP contribution in [0.5, 0.6) is 0 Å². The van der Waals surface area contributed by atoms with E-state index in [4.69, 9.17) is 0 Å². The predicted molar refractivity (Wildman–Crippen MR) is 86.5 cm³/mol. The number of amides is 1. The fourth-order valence-corrected chi connectivity index (χ4v) is 2.72. The summed E-state index contributed by atoms with van der Waals surface area (Å²) in [5, 5.41) is 13.9. The maximum Gasteiger partial charge on any atom is 0.311 e. The lowest BCUT2D eigenvalue weighted by Gasteiger charge is -2.22. The number of carbonyl (C=O) groups excluding carboxylic acids is 1. The summed E-state index contributed by atoms with van der Waals surface area (Å²) >= 11 is 0. The van der Waals surface area contributed by atoms with Gasteiger partial charge in [0.2, 0.25) is 11.7 Å². The van der Waals surface area contributed by atoms with Gasteiger partial charge in [-0.2, -0.15) is 0 Å². The molecule has 0 fully saturated rings. The summed E-state index contributed by atoms with van der Waals surface area (Å²) in [6.45, 7) is 2.30. The Balaban J connectivity index is 1.78. The van der Waals surface area contributed by atoms with Crippen LogP contribution in [-0.4, -0.2) is 28.4 Å². The van der Waals surface area contributed by atoms with Gasteiger partial charge in [-0.3, -0.25) is 14.9 Å². The van der Waals surface area contributed by atoms with E-state index in [0.717, 1.165) is 17.7 Å². The molecule has 0 saturated carbocycles. The second-order valence-electron chi connectivity index (χ2n) is 5.36. The number of hydrogen-bond donors (Lipinski definition) is 1. The van der Waals surface area contributed by atoms with Gasteiger partial charge >= 0.3 is 5.69 Å². The summed E-state index contributed by atoms with van der Waals surface area (Å²) in [6.07, 6.45) is 2.27. The van der Waals surface area contributed by atoms with Crippen molar-refractivity contribution < 1.29 is 9.72 Å². The summed E-state index contributed by atoms with van der Waals surface area (Å²) < 4.78 is 0. The zero-order valence-electron chi connectivity index (χ0n) is 12.6. The van der Waals surface area contributed by atoms with E-state index in [0.29, 0.717) is 6.54 Å². The number of nitrogens with one attached hydrogen (secondary N) is 1. The Morgan fingerprint density at radius 3 is 2.91 bits per heavy atom. The number of aromatic nitrogens is 1. The molecule has 1 unspecified atom stereocenters. The van der Waals surface area contributed by atoms with Gasteiger partial charge in [-0.25, -0.2) is 4.98 Å². The first-order valence-electron chi connectivity index (χ1n) is 7.33. The van der Waals surface area contributed by atoms with Crippen molar-refractivity contribution in [2.75, 3.05) is 16.8 Å². The second kappa shape index (κ2) is 6.04. The normalized spacial score (nSPS) is 14.2. The summed E-state index contributed by atoms with van der Waals surface area (Å²) in [4.78, 5) is 28.8. The van der Waals surface area contributed by atoms with E-state index in [-0.39, 0.29) is 17.4 Å². The van der Waals surface area contributed by atoms with Crippen molar-refractivity contribution in [2.24, 2.45) is 0 Å². The van der Waals surface area contributed by atoms with Gasteiger partial charge in [-0.15, -0.1) is 0 Å². The van der Waals surface area contributed by atoms with Crippen LogP contribution in [-0.2, 0) is 11.2 Å². The predicted octanol–water partition coefficient (Wildman–Crippen LogP) is 2.38. The van der Waals surface area contributed by atoms with E-state index in [9.17, 15) is 14.9 Å². The number of benzene rings is 1. The SMILES string of the molecule is CC(Nc1ncccc1[N+](=O)[O-])C(=O)N1CCc2ccccc21. The zero-order chi connectivity index (χ0) is 16.4. The van der Waals surface area contributed by atoms with Crippen LogP contribution in [0.1, 0.15) is 12.5 Å². The Kier molecular flexibility index (Phi) is 3.92.